The summed E-state index contributed by atoms with van der Waals surface area (Å²) in [5, 5.41) is 10.4. The summed E-state index contributed by atoms with van der Waals surface area (Å²) in [7, 11) is 0. The van der Waals surface area contributed by atoms with Crippen molar-refractivity contribution in [1.29, 1.82) is 0 Å². The van der Waals surface area contributed by atoms with Crippen molar-refractivity contribution in [2.24, 2.45) is 46.3 Å². The molecule has 5 rings (SSSR count). The van der Waals surface area contributed by atoms with Crippen LogP contribution in [0.15, 0.2) is 11.6 Å². The van der Waals surface area contributed by atoms with E-state index in [0.717, 1.165) is 48.9 Å². The van der Waals surface area contributed by atoms with Gasteiger partial charge in [-0.3, -0.25) is 0 Å². The normalized spacial score (nSPS) is 51.3. The highest BCUT2D eigenvalue weighted by atomic mass is 16.6. The zero-order valence-corrected chi connectivity index (χ0v) is 20.4. The Morgan fingerprint density at radius 2 is 1.77 bits per heavy atom. The maximum atomic E-state index is 10.4. The van der Waals surface area contributed by atoms with Crippen LogP contribution in [0.4, 0.5) is 0 Å². The molecule has 30 heavy (non-hydrogen) atoms. The fourth-order valence-electron chi connectivity index (χ4n) is 8.94. The summed E-state index contributed by atoms with van der Waals surface area (Å²) in [5.41, 5.74) is 2.48. The molecule has 1 saturated heterocycles. The van der Waals surface area contributed by atoms with Crippen LogP contribution in [0.1, 0.15) is 99.3 Å². The van der Waals surface area contributed by atoms with E-state index >= 15 is 0 Å². The molecule has 0 bridgehead atoms. The van der Waals surface area contributed by atoms with Crippen molar-refractivity contribution in [2.45, 2.75) is 117 Å². The number of rotatable bonds is 5. The van der Waals surface area contributed by atoms with Crippen molar-refractivity contribution < 1.29 is 9.84 Å². The van der Waals surface area contributed by atoms with E-state index in [1.54, 1.807) is 5.57 Å². The number of aliphatic hydroxyl groups is 1. The van der Waals surface area contributed by atoms with Crippen LogP contribution in [0, 0.1) is 46.3 Å². The Morgan fingerprint density at radius 1 is 1.00 bits per heavy atom. The van der Waals surface area contributed by atoms with Crippen LogP contribution in [0.3, 0.4) is 0 Å². The summed E-state index contributed by atoms with van der Waals surface area (Å²) in [6.07, 6.45) is 14.0. The molecule has 1 spiro atoms. The van der Waals surface area contributed by atoms with Crippen LogP contribution in [-0.4, -0.2) is 22.9 Å². The SMILES string of the molecule is CC(C)C(C)CCC(C)C1CCC2C3=CC4OC45CC(O)CCC5(C)C3CCC21C. The standard InChI is InChI=1S/C28H46O2/c1-17(2)18(3)7-8-19(4)22-9-10-23-21-15-25-28(30-25)16-20(29)11-14-27(28,6)24(21)12-13-26(22,23)5/h15,17-20,22-25,29H,7-14,16H2,1-6H3. The average Bonchev–Trinajstić information content (AvgIpc) is 3.27. The lowest BCUT2D eigenvalue weighted by atomic mass is 9.47. The minimum atomic E-state index is -0.156. The predicted octanol–water partition coefficient (Wildman–Crippen LogP) is 6.77. The van der Waals surface area contributed by atoms with Gasteiger partial charge in [-0.05, 0) is 79.4 Å². The quantitative estimate of drug-likeness (QED) is 0.398. The van der Waals surface area contributed by atoms with Crippen LogP contribution in [0.2, 0.25) is 0 Å². The van der Waals surface area contributed by atoms with Crippen LogP contribution >= 0.6 is 0 Å². The van der Waals surface area contributed by atoms with Gasteiger partial charge in [-0.15, -0.1) is 0 Å². The number of allylic oxidation sites excluding steroid dienone is 1. The van der Waals surface area contributed by atoms with E-state index in [9.17, 15) is 5.11 Å². The molecule has 1 aliphatic heterocycles. The molecule has 2 heteroatoms. The molecule has 0 amide bonds. The van der Waals surface area contributed by atoms with Gasteiger partial charge in [0, 0.05) is 11.8 Å². The first-order valence-corrected chi connectivity index (χ1v) is 13.2. The van der Waals surface area contributed by atoms with Gasteiger partial charge in [0.2, 0.25) is 0 Å². The van der Waals surface area contributed by atoms with Crippen LogP contribution in [0.25, 0.3) is 0 Å². The van der Waals surface area contributed by atoms with Crippen molar-refractivity contribution in [1.82, 2.24) is 0 Å². The van der Waals surface area contributed by atoms with Crippen molar-refractivity contribution in [3.8, 4) is 0 Å². The van der Waals surface area contributed by atoms with E-state index < -0.39 is 0 Å². The Hall–Kier alpha value is -0.340. The second kappa shape index (κ2) is 7.08. The molecule has 0 aromatic heterocycles. The van der Waals surface area contributed by atoms with Gasteiger partial charge in [0.25, 0.3) is 0 Å². The predicted molar refractivity (Wildman–Crippen MR) is 123 cm³/mol. The molecule has 2 nitrogen and oxygen atoms in total. The number of fused-ring (bicyclic) bond motifs is 4. The zero-order chi connectivity index (χ0) is 21.5. The topological polar surface area (TPSA) is 32.8 Å². The van der Waals surface area contributed by atoms with E-state index in [0.29, 0.717) is 11.3 Å². The summed E-state index contributed by atoms with van der Waals surface area (Å²) < 4.78 is 6.44. The van der Waals surface area contributed by atoms with Crippen LogP contribution < -0.4 is 0 Å². The number of hydrogen-bond donors (Lipinski definition) is 1. The lowest BCUT2D eigenvalue weighted by Gasteiger charge is -2.56. The van der Waals surface area contributed by atoms with Gasteiger partial charge in [-0.2, -0.15) is 0 Å². The molecule has 5 aliphatic rings. The number of ether oxygens (including phenoxy) is 1. The van der Waals surface area contributed by atoms with Crippen LogP contribution in [-0.2, 0) is 4.74 Å². The first-order chi connectivity index (χ1) is 14.1. The van der Waals surface area contributed by atoms with E-state index in [1.807, 2.05) is 0 Å². The van der Waals surface area contributed by atoms with Gasteiger partial charge in [-0.25, -0.2) is 0 Å². The second-order valence-corrected chi connectivity index (χ2v) is 13.0. The Balaban J connectivity index is 1.36. The van der Waals surface area contributed by atoms with E-state index in [2.05, 4.69) is 47.6 Å². The molecule has 4 aliphatic carbocycles. The lowest BCUT2D eigenvalue weighted by Crippen LogP contribution is -2.55. The van der Waals surface area contributed by atoms with Gasteiger partial charge in [0.05, 0.1) is 6.10 Å². The van der Waals surface area contributed by atoms with Crippen molar-refractivity contribution in [3.05, 3.63) is 11.6 Å². The van der Waals surface area contributed by atoms with Crippen molar-refractivity contribution in [3.63, 3.8) is 0 Å². The van der Waals surface area contributed by atoms with E-state index in [-0.39, 0.29) is 23.2 Å². The third-order valence-corrected chi connectivity index (χ3v) is 11.4. The molecule has 1 N–H and O–H groups in total. The maximum Gasteiger partial charge on any atom is 0.107 e. The van der Waals surface area contributed by atoms with Crippen LogP contribution in [0.5, 0.6) is 0 Å². The smallest absolute Gasteiger partial charge is 0.107 e. The van der Waals surface area contributed by atoms with Gasteiger partial charge in [0.1, 0.15) is 11.7 Å². The highest BCUT2D eigenvalue weighted by Gasteiger charge is 2.73. The van der Waals surface area contributed by atoms with E-state index in [1.165, 1.54) is 38.5 Å². The van der Waals surface area contributed by atoms with Gasteiger partial charge < -0.3 is 9.84 Å². The van der Waals surface area contributed by atoms with Crippen molar-refractivity contribution >= 4 is 0 Å². The first-order valence-electron chi connectivity index (χ1n) is 13.2. The Bertz CT molecular complexity index is 711. The maximum absolute atomic E-state index is 10.4. The third-order valence-electron chi connectivity index (χ3n) is 11.4. The van der Waals surface area contributed by atoms with Gasteiger partial charge in [0.15, 0.2) is 0 Å². The number of aliphatic hydroxyl groups excluding tert-OH is 1. The Labute approximate surface area is 185 Å². The third kappa shape index (κ3) is 2.88. The van der Waals surface area contributed by atoms with Crippen molar-refractivity contribution in [2.75, 3.05) is 0 Å². The number of hydrogen-bond acceptors (Lipinski definition) is 2. The summed E-state index contributed by atoms with van der Waals surface area (Å²) in [4.78, 5) is 0. The molecule has 0 aromatic rings. The fraction of sp³-hybridized carbons (Fsp3) is 0.929. The lowest BCUT2D eigenvalue weighted by molar-refractivity contribution is -0.0537. The molecule has 170 valence electrons. The summed E-state index contributed by atoms with van der Waals surface area (Å²) in [6.45, 7) is 14.9. The Morgan fingerprint density at radius 3 is 2.50 bits per heavy atom. The zero-order valence-electron chi connectivity index (χ0n) is 20.4. The average molecular weight is 415 g/mol. The highest BCUT2D eigenvalue weighted by molar-refractivity contribution is 5.38. The highest BCUT2D eigenvalue weighted by Crippen LogP contribution is 2.72. The molecule has 3 saturated carbocycles. The second-order valence-electron chi connectivity index (χ2n) is 13.0. The molecule has 0 aromatic carbocycles. The fourth-order valence-corrected chi connectivity index (χ4v) is 8.94. The minimum absolute atomic E-state index is 0.0368. The summed E-state index contributed by atoms with van der Waals surface area (Å²) in [6, 6.07) is 0. The Kier molecular flexibility index (Phi) is 5.07. The molecule has 1 heterocycles. The molecular weight excluding hydrogens is 368 g/mol. The van der Waals surface area contributed by atoms with E-state index in [4.69, 9.17) is 4.74 Å². The largest absolute Gasteiger partial charge is 0.393 e. The van der Waals surface area contributed by atoms with Gasteiger partial charge >= 0.3 is 0 Å². The van der Waals surface area contributed by atoms with Gasteiger partial charge in [-0.1, -0.05) is 66.0 Å². The molecule has 10 unspecified atom stereocenters. The molecule has 0 radical (unpaired) electrons. The first kappa shape index (κ1) is 21.5. The summed E-state index contributed by atoms with van der Waals surface area (Å²) >= 11 is 0. The minimum Gasteiger partial charge on any atom is -0.393 e. The molecular formula is C28H46O2. The molecule has 10 atom stereocenters. The number of epoxide rings is 1. The summed E-state index contributed by atoms with van der Waals surface area (Å²) in [5.74, 6) is 4.85. The monoisotopic (exact) mass is 414 g/mol. The molecule has 4 fully saturated rings.